The Kier molecular flexibility index (Phi) is 4.52. The van der Waals surface area contributed by atoms with E-state index >= 15 is 0 Å². The highest BCUT2D eigenvalue weighted by Gasteiger charge is 2.21. The van der Waals surface area contributed by atoms with Crippen LogP contribution in [0.15, 0.2) is 12.4 Å². The van der Waals surface area contributed by atoms with Crippen LogP contribution in [0, 0.1) is 17.2 Å². The molecule has 1 N–H and O–H groups in total. The van der Waals surface area contributed by atoms with Crippen LogP contribution in [0.4, 0.5) is 0 Å². The molecule has 0 aliphatic carbocycles. The van der Waals surface area contributed by atoms with Crippen molar-refractivity contribution in [2.45, 2.75) is 26.3 Å². The number of hydrogen-bond acceptors (Lipinski definition) is 3. The zero-order valence-electron chi connectivity index (χ0n) is 9.60. The van der Waals surface area contributed by atoms with Crippen molar-refractivity contribution < 1.29 is 4.79 Å². The lowest BCUT2D eigenvalue weighted by Gasteiger charge is -2.18. The van der Waals surface area contributed by atoms with Gasteiger partial charge in [-0.15, -0.1) is 0 Å². The fraction of sp³-hybridized carbons (Fsp3) is 0.545. The fourth-order valence-corrected chi connectivity index (χ4v) is 1.48. The van der Waals surface area contributed by atoms with Crippen LogP contribution in [0.5, 0.6) is 0 Å². The second-order valence-electron chi connectivity index (χ2n) is 3.70. The highest BCUT2D eigenvalue weighted by molar-refractivity contribution is 5.80. The largest absolute Gasteiger partial charge is 0.347 e. The second-order valence-corrected chi connectivity index (χ2v) is 3.70. The average molecular weight is 220 g/mol. The summed E-state index contributed by atoms with van der Waals surface area (Å²) in [5.41, 5.74) is 0. The molecule has 0 aliphatic rings. The molecule has 1 atom stereocenters. The number of carbonyl (C=O) groups is 1. The first-order valence-corrected chi connectivity index (χ1v) is 5.31. The smallest absolute Gasteiger partial charge is 0.240 e. The molecule has 5 nitrogen and oxygen atoms in total. The molecule has 1 heterocycles. The van der Waals surface area contributed by atoms with Gasteiger partial charge in [-0.1, -0.05) is 13.3 Å². The third-order valence-corrected chi connectivity index (χ3v) is 2.35. The predicted molar refractivity (Wildman–Crippen MR) is 59.1 cm³/mol. The summed E-state index contributed by atoms with van der Waals surface area (Å²) in [5, 5.41) is 8.88. The van der Waals surface area contributed by atoms with E-state index in [1.807, 2.05) is 13.0 Å². The third-order valence-electron chi connectivity index (χ3n) is 2.35. The lowest BCUT2D eigenvalue weighted by Crippen LogP contribution is -2.32. The minimum atomic E-state index is -0.537. The van der Waals surface area contributed by atoms with E-state index < -0.39 is 5.92 Å². The van der Waals surface area contributed by atoms with Gasteiger partial charge in [0.05, 0.1) is 12.6 Å². The predicted octanol–water partition coefficient (Wildman–Crippen LogP) is 1.31. The van der Waals surface area contributed by atoms with Crippen molar-refractivity contribution in [3.05, 3.63) is 18.2 Å². The molecular weight excluding hydrogens is 204 g/mol. The number of rotatable bonds is 5. The van der Waals surface area contributed by atoms with Gasteiger partial charge in [0.2, 0.25) is 5.91 Å². The number of aromatic nitrogens is 2. The quantitative estimate of drug-likeness (QED) is 0.813. The lowest BCUT2D eigenvalue weighted by molar-refractivity contribution is -0.133. The highest BCUT2D eigenvalue weighted by atomic mass is 16.2. The molecule has 0 radical (unpaired) electrons. The topological polar surface area (TPSA) is 72.8 Å². The molecule has 0 aliphatic heterocycles. The number of hydrogen-bond donors (Lipinski definition) is 1. The summed E-state index contributed by atoms with van der Waals surface area (Å²) >= 11 is 0. The molecule has 0 bridgehead atoms. The average Bonchev–Trinajstić information content (AvgIpc) is 2.77. The molecule has 1 amide bonds. The number of nitriles is 1. The number of imidazole rings is 1. The number of carbonyl (C=O) groups excluding carboxylic acids is 1. The van der Waals surface area contributed by atoms with Crippen LogP contribution in [0.25, 0.3) is 0 Å². The second kappa shape index (κ2) is 5.91. The SMILES string of the molecule is CCCC(C#N)C(=O)N(C)Cc1ncc[nH]1. The van der Waals surface area contributed by atoms with Gasteiger partial charge in [0, 0.05) is 19.4 Å². The summed E-state index contributed by atoms with van der Waals surface area (Å²) in [5.74, 6) is 0.0507. The van der Waals surface area contributed by atoms with Gasteiger partial charge in [0.15, 0.2) is 0 Å². The fourth-order valence-electron chi connectivity index (χ4n) is 1.48. The molecule has 1 rings (SSSR count). The van der Waals surface area contributed by atoms with E-state index in [1.165, 1.54) is 4.90 Å². The molecule has 0 fully saturated rings. The standard InChI is InChI=1S/C11H16N4O/c1-3-4-9(7-12)11(16)15(2)8-10-13-5-6-14-10/h5-6,9H,3-4,8H2,1-2H3,(H,13,14). The maximum absolute atomic E-state index is 11.9. The van der Waals surface area contributed by atoms with E-state index in [9.17, 15) is 4.79 Å². The molecule has 86 valence electrons. The lowest BCUT2D eigenvalue weighted by atomic mass is 10.0. The first-order chi connectivity index (χ1) is 7.69. The van der Waals surface area contributed by atoms with E-state index in [0.29, 0.717) is 13.0 Å². The number of amides is 1. The summed E-state index contributed by atoms with van der Waals surface area (Å²) < 4.78 is 0. The molecule has 16 heavy (non-hydrogen) atoms. The van der Waals surface area contributed by atoms with Crippen LogP contribution >= 0.6 is 0 Å². The van der Waals surface area contributed by atoms with Crippen LogP contribution in [-0.4, -0.2) is 27.8 Å². The molecule has 0 saturated carbocycles. The molecule has 1 unspecified atom stereocenters. The molecule has 1 aromatic heterocycles. The zero-order valence-corrected chi connectivity index (χ0v) is 9.60. The Morgan fingerprint density at radius 2 is 2.50 bits per heavy atom. The Bertz CT molecular complexity index is 366. The maximum Gasteiger partial charge on any atom is 0.240 e. The van der Waals surface area contributed by atoms with Crippen LogP contribution in [0.2, 0.25) is 0 Å². The van der Waals surface area contributed by atoms with Gasteiger partial charge >= 0.3 is 0 Å². The minimum absolute atomic E-state index is 0.138. The van der Waals surface area contributed by atoms with E-state index in [0.717, 1.165) is 12.2 Å². The van der Waals surface area contributed by atoms with Gasteiger partial charge in [0.25, 0.3) is 0 Å². The van der Waals surface area contributed by atoms with Crippen molar-refractivity contribution in [1.29, 1.82) is 5.26 Å². The first-order valence-electron chi connectivity index (χ1n) is 5.31. The van der Waals surface area contributed by atoms with Gasteiger partial charge in [-0.25, -0.2) is 4.98 Å². The number of nitrogens with one attached hydrogen (secondary N) is 1. The first kappa shape index (κ1) is 12.2. The zero-order chi connectivity index (χ0) is 12.0. The van der Waals surface area contributed by atoms with Crippen molar-refractivity contribution in [2.24, 2.45) is 5.92 Å². The maximum atomic E-state index is 11.9. The number of H-pyrrole nitrogens is 1. The summed E-state index contributed by atoms with van der Waals surface area (Å²) in [6.45, 7) is 2.37. The van der Waals surface area contributed by atoms with Crippen LogP contribution < -0.4 is 0 Å². The van der Waals surface area contributed by atoms with Gasteiger partial charge in [-0.05, 0) is 6.42 Å². The number of aromatic amines is 1. The Balaban J connectivity index is 2.56. The summed E-state index contributed by atoms with van der Waals surface area (Å²) in [6.07, 6.45) is 4.79. The Hall–Kier alpha value is -1.83. The highest BCUT2D eigenvalue weighted by Crippen LogP contribution is 2.09. The molecule has 1 aromatic rings. The van der Waals surface area contributed by atoms with E-state index in [1.54, 1.807) is 19.4 Å². The Morgan fingerprint density at radius 1 is 1.75 bits per heavy atom. The van der Waals surface area contributed by atoms with Gasteiger partial charge in [0.1, 0.15) is 11.7 Å². The van der Waals surface area contributed by atoms with Crippen molar-refractivity contribution in [3.63, 3.8) is 0 Å². The van der Waals surface area contributed by atoms with E-state index in [4.69, 9.17) is 5.26 Å². The third kappa shape index (κ3) is 3.09. The van der Waals surface area contributed by atoms with Gasteiger partial charge < -0.3 is 9.88 Å². The van der Waals surface area contributed by atoms with E-state index in [-0.39, 0.29) is 5.91 Å². The monoisotopic (exact) mass is 220 g/mol. The minimum Gasteiger partial charge on any atom is -0.347 e. The van der Waals surface area contributed by atoms with Crippen molar-refractivity contribution >= 4 is 5.91 Å². The van der Waals surface area contributed by atoms with Crippen molar-refractivity contribution in [3.8, 4) is 6.07 Å². The Labute approximate surface area is 95.1 Å². The van der Waals surface area contributed by atoms with Crippen molar-refractivity contribution in [1.82, 2.24) is 14.9 Å². The van der Waals surface area contributed by atoms with Gasteiger partial charge in [-0.3, -0.25) is 4.79 Å². The van der Waals surface area contributed by atoms with Crippen LogP contribution in [0.3, 0.4) is 0 Å². The number of nitrogens with zero attached hydrogens (tertiary/aromatic N) is 3. The molecule has 5 heteroatoms. The summed E-state index contributed by atoms with van der Waals surface area (Å²) in [7, 11) is 1.69. The van der Waals surface area contributed by atoms with Crippen LogP contribution in [0.1, 0.15) is 25.6 Å². The Morgan fingerprint density at radius 3 is 3.00 bits per heavy atom. The van der Waals surface area contributed by atoms with E-state index in [2.05, 4.69) is 9.97 Å². The normalized spacial score (nSPS) is 11.8. The van der Waals surface area contributed by atoms with Gasteiger partial charge in [-0.2, -0.15) is 5.26 Å². The molecule has 0 saturated heterocycles. The summed E-state index contributed by atoms with van der Waals surface area (Å²) in [4.78, 5) is 20.3. The molecule has 0 aromatic carbocycles. The summed E-state index contributed by atoms with van der Waals surface area (Å²) in [6, 6.07) is 2.04. The molecular formula is C11H16N4O. The van der Waals surface area contributed by atoms with Crippen molar-refractivity contribution in [2.75, 3.05) is 7.05 Å². The van der Waals surface area contributed by atoms with Crippen LogP contribution in [-0.2, 0) is 11.3 Å². The molecule has 0 spiro atoms.